The number of rotatable bonds is 4. The second-order valence-electron chi connectivity index (χ2n) is 4.22. The summed E-state index contributed by atoms with van der Waals surface area (Å²) in [4.78, 5) is 4.15. The van der Waals surface area contributed by atoms with Crippen LogP contribution in [0.5, 0.6) is 0 Å². The summed E-state index contributed by atoms with van der Waals surface area (Å²) in [5.74, 6) is 0. The van der Waals surface area contributed by atoms with Crippen LogP contribution in [-0.4, -0.2) is 21.3 Å². The first kappa shape index (κ1) is 13.2. The topological polar surface area (TPSA) is 42.7 Å². The number of aryl methyl sites for hydroxylation is 2. The molecule has 18 heavy (non-hydrogen) atoms. The van der Waals surface area contributed by atoms with E-state index in [0.29, 0.717) is 0 Å². The Morgan fingerprint density at radius 3 is 2.78 bits per heavy atom. The molecule has 96 valence electrons. The molecule has 0 fully saturated rings. The Kier molecular flexibility index (Phi) is 4.14. The Hall–Kier alpha value is -1.20. The normalized spacial score (nSPS) is 12.7. The zero-order chi connectivity index (χ0) is 13.1. The third-order valence-corrected chi connectivity index (χ3v) is 3.60. The van der Waals surface area contributed by atoms with Gasteiger partial charge in [0.05, 0.1) is 22.4 Å². The van der Waals surface area contributed by atoms with Crippen LogP contribution in [-0.2, 0) is 7.05 Å². The van der Waals surface area contributed by atoms with Gasteiger partial charge in [-0.25, -0.2) is 0 Å². The molecule has 2 aromatic heterocycles. The Morgan fingerprint density at radius 2 is 2.22 bits per heavy atom. The van der Waals surface area contributed by atoms with E-state index in [2.05, 4.69) is 51.2 Å². The Labute approximate surface area is 116 Å². The first-order valence-electron chi connectivity index (χ1n) is 5.96. The molecule has 0 aromatic carbocycles. The van der Waals surface area contributed by atoms with E-state index in [0.717, 1.165) is 16.7 Å². The second kappa shape index (κ2) is 5.63. The van der Waals surface area contributed by atoms with Gasteiger partial charge < -0.3 is 5.32 Å². The molecule has 2 rings (SSSR count). The van der Waals surface area contributed by atoms with Crippen molar-refractivity contribution < 1.29 is 0 Å². The standard InChI is InChI=1S/C13H17BrN4/c1-4-16-12(10-5-6-15-7-9(10)2)13-11(14)8-17-18(13)3/h5-8,12,16H,4H2,1-3H3. The maximum Gasteiger partial charge on any atom is 0.0763 e. The van der Waals surface area contributed by atoms with Crippen LogP contribution < -0.4 is 5.32 Å². The molecule has 0 spiro atoms. The minimum atomic E-state index is 0.125. The summed E-state index contributed by atoms with van der Waals surface area (Å²) >= 11 is 3.57. The minimum Gasteiger partial charge on any atom is -0.305 e. The zero-order valence-electron chi connectivity index (χ0n) is 10.8. The van der Waals surface area contributed by atoms with E-state index in [-0.39, 0.29) is 6.04 Å². The van der Waals surface area contributed by atoms with Crippen molar-refractivity contribution in [3.05, 3.63) is 46.0 Å². The largest absolute Gasteiger partial charge is 0.305 e. The van der Waals surface area contributed by atoms with E-state index in [1.165, 1.54) is 11.1 Å². The fourth-order valence-electron chi connectivity index (χ4n) is 2.11. The van der Waals surface area contributed by atoms with Gasteiger partial charge in [-0.15, -0.1) is 0 Å². The molecular formula is C13H17BrN4. The fraction of sp³-hybridized carbons (Fsp3) is 0.385. The van der Waals surface area contributed by atoms with Crippen LogP contribution in [0.1, 0.15) is 29.8 Å². The number of pyridine rings is 1. The summed E-state index contributed by atoms with van der Waals surface area (Å²) < 4.78 is 2.92. The second-order valence-corrected chi connectivity index (χ2v) is 5.08. The van der Waals surface area contributed by atoms with Gasteiger partial charge in [0.25, 0.3) is 0 Å². The molecule has 1 unspecified atom stereocenters. The van der Waals surface area contributed by atoms with Gasteiger partial charge in [-0.3, -0.25) is 9.67 Å². The number of hydrogen-bond donors (Lipinski definition) is 1. The van der Waals surface area contributed by atoms with Gasteiger partial charge in [-0.2, -0.15) is 5.10 Å². The summed E-state index contributed by atoms with van der Waals surface area (Å²) in [5.41, 5.74) is 3.54. The lowest BCUT2D eigenvalue weighted by atomic mass is 10.0. The van der Waals surface area contributed by atoms with E-state index in [4.69, 9.17) is 0 Å². The molecule has 0 saturated carbocycles. The number of nitrogens with zero attached hydrogens (tertiary/aromatic N) is 3. The molecule has 2 aromatic rings. The molecule has 1 N–H and O–H groups in total. The van der Waals surface area contributed by atoms with Crippen LogP contribution >= 0.6 is 15.9 Å². The van der Waals surface area contributed by atoms with Gasteiger partial charge in [0.1, 0.15) is 0 Å². The van der Waals surface area contributed by atoms with Crippen molar-refractivity contribution in [1.29, 1.82) is 0 Å². The quantitative estimate of drug-likeness (QED) is 0.944. The van der Waals surface area contributed by atoms with Crippen LogP contribution in [0.15, 0.2) is 29.1 Å². The van der Waals surface area contributed by atoms with Crippen molar-refractivity contribution in [2.75, 3.05) is 6.54 Å². The molecule has 2 heterocycles. The first-order chi connectivity index (χ1) is 8.65. The SMILES string of the molecule is CCNC(c1ccncc1C)c1c(Br)cnn1C. The number of halogens is 1. The highest BCUT2D eigenvalue weighted by atomic mass is 79.9. The van der Waals surface area contributed by atoms with Crippen molar-refractivity contribution in [2.24, 2.45) is 7.05 Å². The van der Waals surface area contributed by atoms with Crippen LogP contribution in [0.4, 0.5) is 0 Å². The molecule has 0 saturated heterocycles. The van der Waals surface area contributed by atoms with E-state index >= 15 is 0 Å². The monoisotopic (exact) mass is 308 g/mol. The lowest BCUT2D eigenvalue weighted by Gasteiger charge is -2.21. The first-order valence-corrected chi connectivity index (χ1v) is 6.75. The third-order valence-electron chi connectivity index (χ3n) is 2.99. The Bertz CT molecular complexity index is 516. The molecule has 0 aliphatic carbocycles. The molecule has 1 atom stereocenters. The summed E-state index contributed by atoms with van der Waals surface area (Å²) in [7, 11) is 1.96. The maximum absolute atomic E-state index is 4.29. The van der Waals surface area contributed by atoms with Gasteiger partial charge in [0.15, 0.2) is 0 Å². The van der Waals surface area contributed by atoms with Crippen molar-refractivity contribution in [2.45, 2.75) is 19.9 Å². The number of aromatic nitrogens is 3. The summed E-state index contributed by atoms with van der Waals surface area (Å²) in [6.45, 7) is 5.08. The molecule has 5 heteroatoms. The van der Waals surface area contributed by atoms with Crippen molar-refractivity contribution in [1.82, 2.24) is 20.1 Å². The molecule has 0 aliphatic rings. The van der Waals surface area contributed by atoms with Crippen LogP contribution in [0.25, 0.3) is 0 Å². The van der Waals surface area contributed by atoms with Gasteiger partial charge >= 0.3 is 0 Å². The van der Waals surface area contributed by atoms with Gasteiger partial charge in [0.2, 0.25) is 0 Å². The minimum absolute atomic E-state index is 0.125. The predicted octanol–water partition coefficient (Wildman–Crippen LogP) is 2.58. The van der Waals surface area contributed by atoms with Crippen molar-refractivity contribution in [3.8, 4) is 0 Å². The van der Waals surface area contributed by atoms with Crippen LogP contribution in [0.3, 0.4) is 0 Å². The lowest BCUT2D eigenvalue weighted by Crippen LogP contribution is -2.25. The van der Waals surface area contributed by atoms with Crippen LogP contribution in [0.2, 0.25) is 0 Å². The van der Waals surface area contributed by atoms with Gasteiger partial charge in [-0.1, -0.05) is 6.92 Å². The van der Waals surface area contributed by atoms with E-state index in [1.807, 2.05) is 30.3 Å². The molecule has 0 radical (unpaired) electrons. The summed E-state index contributed by atoms with van der Waals surface area (Å²) in [6.07, 6.45) is 5.55. The average Bonchev–Trinajstić information content (AvgIpc) is 2.68. The van der Waals surface area contributed by atoms with E-state index in [1.54, 1.807) is 0 Å². The van der Waals surface area contributed by atoms with Crippen molar-refractivity contribution >= 4 is 15.9 Å². The number of nitrogens with one attached hydrogen (secondary N) is 1. The molecule has 0 aliphatic heterocycles. The molecule has 4 nitrogen and oxygen atoms in total. The zero-order valence-corrected chi connectivity index (χ0v) is 12.4. The molecule has 0 bridgehead atoms. The number of hydrogen-bond acceptors (Lipinski definition) is 3. The highest BCUT2D eigenvalue weighted by Crippen LogP contribution is 2.29. The third kappa shape index (κ3) is 2.47. The lowest BCUT2D eigenvalue weighted by molar-refractivity contribution is 0.568. The Balaban J connectivity index is 2.50. The fourth-order valence-corrected chi connectivity index (χ4v) is 2.69. The van der Waals surface area contributed by atoms with E-state index < -0.39 is 0 Å². The maximum atomic E-state index is 4.29. The smallest absolute Gasteiger partial charge is 0.0763 e. The Morgan fingerprint density at radius 1 is 1.44 bits per heavy atom. The van der Waals surface area contributed by atoms with Crippen LogP contribution in [0, 0.1) is 6.92 Å². The molecular weight excluding hydrogens is 292 g/mol. The van der Waals surface area contributed by atoms with Crippen molar-refractivity contribution in [3.63, 3.8) is 0 Å². The highest BCUT2D eigenvalue weighted by molar-refractivity contribution is 9.10. The summed E-state index contributed by atoms with van der Waals surface area (Å²) in [6, 6.07) is 2.18. The van der Waals surface area contributed by atoms with E-state index in [9.17, 15) is 0 Å². The predicted molar refractivity (Wildman–Crippen MR) is 75.4 cm³/mol. The average molecular weight is 309 g/mol. The van der Waals surface area contributed by atoms with Gasteiger partial charge in [-0.05, 0) is 46.6 Å². The highest BCUT2D eigenvalue weighted by Gasteiger charge is 2.21. The van der Waals surface area contributed by atoms with Gasteiger partial charge in [0, 0.05) is 19.4 Å². The summed E-state index contributed by atoms with van der Waals surface area (Å²) in [5, 5.41) is 7.79. The molecule has 0 amide bonds.